The van der Waals surface area contributed by atoms with Crippen LogP contribution in [-0.2, 0) is 10.0 Å². The quantitative estimate of drug-likeness (QED) is 0.389. The summed E-state index contributed by atoms with van der Waals surface area (Å²) in [5.74, 6) is -0.673. The predicted molar refractivity (Wildman–Crippen MR) is 126 cm³/mol. The highest BCUT2D eigenvalue weighted by molar-refractivity contribution is 7.92. The normalized spacial score (nSPS) is 11.2. The summed E-state index contributed by atoms with van der Waals surface area (Å²) in [4.78, 5) is 24.8. The molecule has 0 aliphatic carbocycles. The average Bonchev–Trinajstić information content (AvgIpc) is 2.80. The number of rotatable bonds is 6. The zero-order chi connectivity index (χ0) is 23.6. The number of fused-ring (bicyclic) bond motifs is 1. The second kappa shape index (κ2) is 8.97. The van der Waals surface area contributed by atoms with Gasteiger partial charge in [0.15, 0.2) is 0 Å². The number of carbonyl (C=O) groups excluding carboxylic acids is 1. The van der Waals surface area contributed by atoms with Crippen LogP contribution in [-0.4, -0.2) is 21.4 Å². The lowest BCUT2D eigenvalue weighted by atomic mass is 10.1. The number of amides is 1. The molecule has 1 amide bonds. The molecule has 1 heterocycles. The number of nitrogens with one attached hydrogen (secondary N) is 2. The Morgan fingerprint density at radius 3 is 2.39 bits per heavy atom. The summed E-state index contributed by atoms with van der Waals surface area (Å²) in [5.41, 5.74) is -0.232. The van der Waals surface area contributed by atoms with E-state index in [9.17, 15) is 18.0 Å². The molecule has 8 nitrogen and oxygen atoms in total. The molecule has 1 aromatic heterocycles. The van der Waals surface area contributed by atoms with Crippen LogP contribution in [0, 0.1) is 0 Å². The lowest BCUT2D eigenvalue weighted by Gasteiger charge is -2.14. The first-order chi connectivity index (χ1) is 15.8. The van der Waals surface area contributed by atoms with Gasteiger partial charge in [-0.25, -0.2) is 13.2 Å². The van der Waals surface area contributed by atoms with Crippen molar-refractivity contribution in [2.75, 3.05) is 17.1 Å². The fourth-order valence-electron chi connectivity index (χ4n) is 3.11. The molecule has 0 bridgehead atoms. The summed E-state index contributed by atoms with van der Waals surface area (Å²) in [5, 5.41) is 3.57. The number of ether oxygens (including phenoxy) is 1. The number of halogens is 1. The smallest absolute Gasteiger partial charge is 0.349 e. The summed E-state index contributed by atoms with van der Waals surface area (Å²) in [6.45, 7) is 0. The number of methoxy groups -OCH3 is 1. The van der Waals surface area contributed by atoms with Crippen LogP contribution in [0.2, 0.25) is 5.02 Å². The third-order valence-electron chi connectivity index (χ3n) is 4.69. The molecule has 2 N–H and O–H groups in total. The van der Waals surface area contributed by atoms with E-state index in [0.29, 0.717) is 21.7 Å². The van der Waals surface area contributed by atoms with E-state index in [0.717, 1.165) is 0 Å². The number of anilines is 2. The number of hydrogen-bond donors (Lipinski definition) is 2. The molecule has 4 aromatic rings. The van der Waals surface area contributed by atoms with E-state index in [4.69, 9.17) is 20.8 Å². The highest BCUT2D eigenvalue weighted by atomic mass is 35.5. The predicted octanol–water partition coefficient (Wildman–Crippen LogP) is 4.51. The topological polar surface area (TPSA) is 115 Å². The van der Waals surface area contributed by atoms with E-state index >= 15 is 0 Å². The Bertz CT molecular complexity index is 1510. The van der Waals surface area contributed by atoms with Crippen molar-refractivity contribution in [1.82, 2.24) is 0 Å². The first-order valence-electron chi connectivity index (χ1n) is 9.57. The van der Waals surface area contributed by atoms with Crippen LogP contribution in [0.4, 0.5) is 11.4 Å². The highest BCUT2D eigenvalue weighted by Crippen LogP contribution is 2.29. The summed E-state index contributed by atoms with van der Waals surface area (Å²) in [6.07, 6.45) is 0. The number of sulfonamides is 1. The molecule has 10 heteroatoms. The largest absolute Gasteiger partial charge is 0.495 e. The van der Waals surface area contributed by atoms with Gasteiger partial charge in [0, 0.05) is 21.8 Å². The van der Waals surface area contributed by atoms with Crippen molar-refractivity contribution >= 4 is 49.9 Å². The van der Waals surface area contributed by atoms with E-state index in [2.05, 4.69) is 10.0 Å². The maximum Gasteiger partial charge on any atom is 0.349 e. The Labute approximate surface area is 193 Å². The van der Waals surface area contributed by atoms with Gasteiger partial charge in [-0.3, -0.25) is 9.52 Å². The number of para-hydroxylation sites is 1. The van der Waals surface area contributed by atoms with Crippen molar-refractivity contribution < 1.29 is 22.4 Å². The van der Waals surface area contributed by atoms with Gasteiger partial charge in [0.2, 0.25) is 0 Å². The van der Waals surface area contributed by atoms with Crippen molar-refractivity contribution in [2.24, 2.45) is 0 Å². The molecule has 0 saturated carbocycles. The minimum absolute atomic E-state index is 0.0691. The third kappa shape index (κ3) is 4.84. The molecule has 0 spiro atoms. The Hall–Kier alpha value is -3.82. The minimum Gasteiger partial charge on any atom is -0.495 e. The van der Waals surface area contributed by atoms with Crippen LogP contribution in [0.1, 0.15) is 10.4 Å². The van der Waals surface area contributed by atoms with Crippen LogP contribution in [0.25, 0.3) is 11.0 Å². The molecule has 0 saturated heterocycles. The fraction of sp³-hybridized carbons (Fsp3) is 0.0435. The molecule has 168 valence electrons. The van der Waals surface area contributed by atoms with Gasteiger partial charge < -0.3 is 14.5 Å². The molecule has 4 rings (SSSR count). The monoisotopic (exact) mass is 484 g/mol. The summed E-state index contributed by atoms with van der Waals surface area (Å²) < 4.78 is 38.8. The molecule has 33 heavy (non-hydrogen) atoms. The van der Waals surface area contributed by atoms with Crippen LogP contribution >= 0.6 is 11.6 Å². The van der Waals surface area contributed by atoms with Crippen molar-refractivity contribution in [3.8, 4) is 5.75 Å². The number of carbonyl (C=O) groups is 1. The maximum atomic E-state index is 13.0. The van der Waals surface area contributed by atoms with Crippen LogP contribution in [0.15, 0.2) is 86.9 Å². The van der Waals surface area contributed by atoms with Crippen LogP contribution < -0.4 is 20.4 Å². The van der Waals surface area contributed by atoms with Gasteiger partial charge in [0.25, 0.3) is 15.9 Å². The van der Waals surface area contributed by atoms with Crippen LogP contribution in [0.5, 0.6) is 5.75 Å². The molecular formula is C23H17ClN2O6S. The van der Waals surface area contributed by atoms with Crippen molar-refractivity contribution in [2.45, 2.75) is 4.90 Å². The standard InChI is InChI=1S/C23H17ClN2O6S/c1-31-20-11-10-17(13-21(20)33(29,30)26-16-8-6-15(24)7-9-16)25-22(27)18-12-14-4-2-3-5-19(14)32-23(18)28/h2-13,26H,1H3,(H,25,27). The Balaban J connectivity index is 1.65. The third-order valence-corrected chi connectivity index (χ3v) is 6.35. The zero-order valence-corrected chi connectivity index (χ0v) is 18.7. The number of benzene rings is 3. The van der Waals surface area contributed by atoms with E-state index < -0.39 is 21.6 Å². The molecule has 0 unspecified atom stereocenters. The van der Waals surface area contributed by atoms with Gasteiger partial charge in [-0.05, 0) is 54.6 Å². The van der Waals surface area contributed by atoms with E-state index in [1.165, 1.54) is 43.5 Å². The first-order valence-corrected chi connectivity index (χ1v) is 11.4. The van der Waals surface area contributed by atoms with Gasteiger partial charge in [-0.1, -0.05) is 29.8 Å². The lowest BCUT2D eigenvalue weighted by Crippen LogP contribution is -2.21. The van der Waals surface area contributed by atoms with E-state index in [1.54, 1.807) is 36.4 Å². The van der Waals surface area contributed by atoms with Gasteiger partial charge in [0.05, 0.1) is 7.11 Å². The highest BCUT2D eigenvalue weighted by Gasteiger charge is 2.22. The first kappa shape index (κ1) is 22.4. The molecule has 0 aliphatic rings. The Morgan fingerprint density at radius 2 is 1.67 bits per heavy atom. The SMILES string of the molecule is COc1ccc(NC(=O)c2cc3ccccc3oc2=O)cc1S(=O)(=O)Nc1ccc(Cl)cc1. The van der Waals surface area contributed by atoms with Crippen molar-refractivity contribution in [3.63, 3.8) is 0 Å². The Morgan fingerprint density at radius 1 is 0.970 bits per heavy atom. The van der Waals surface area contributed by atoms with Crippen molar-refractivity contribution in [3.05, 3.63) is 93.8 Å². The summed E-state index contributed by atoms with van der Waals surface area (Å²) >= 11 is 5.84. The van der Waals surface area contributed by atoms with Crippen molar-refractivity contribution in [1.29, 1.82) is 0 Å². The second-order valence-electron chi connectivity index (χ2n) is 6.92. The zero-order valence-electron chi connectivity index (χ0n) is 17.2. The molecule has 0 radical (unpaired) electrons. The molecule has 0 aliphatic heterocycles. The molecule has 3 aromatic carbocycles. The van der Waals surface area contributed by atoms with E-state index in [1.807, 2.05) is 0 Å². The number of hydrogen-bond acceptors (Lipinski definition) is 6. The fourth-order valence-corrected chi connectivity index (χ4v) is 4.49. The minimum atomic E-state index is -4.08. The maximum absolute atomic E-state index is 13.0. The van der Waals surface area contributed by atoms with Crippen LogP contribution in [0.3, 0.4) is 0 Å². The summed E-state index contributed by atoms with van der Waals surface area (Å²) in [6, 6.07) is 18.4. The van der Waals surface area contributed by atoms with Gasteiger partial charge in [0.1, 0.15) is 21.8 Å². The molecule has 0 fully saturated rings. The second-order valence-corrected chi connectivity index (χ2v) is 9.00. The Kier molecular flexibility index (Phi) is 6.08. The van der Waals surface area contributed by atoms with Gasteiger partial charge in [-0.2, -0.15) is 0 Å². The molecular weight excluding hydrogens is 468 g/mol. The summed E-state index contributed by atoms with van der Waals surface area (Å²) in [7, 11) is -2.75. The van der Waals surface area contributed by atoms with Gasteiger partial charge >= 0.3 is 5.63 Å². The average molecular weight is 485 g/mol. The molecule has 0 atom stereocenters. The lowest BCUT2D eigenvalue weighted by molar-refractivity contribution is 0.102. The van der Waals surface area contributed by atoms with E-state index in [-0.39, 0.29) is 21.9 Å². The van der Waals surface area contributed by atoms with Gasteiger partial charge in [-0.15, -0.1) is 0 Å².